The second kappa shape index (κ2) is 7.44. The van der Waals surface area contributed by atoms with Crippen LogP contribution in [0, 0.1) is 0 Å². The summed E-state index contributed by atoms with van der Waals surface area (Å²) in [4.78, 5) is 33.3. The molecule has 0 spiro atoms. The summed E-state index contributed by atoms with van der Waals surface area (Å²) in [6.45, 7) is 1.42. The fourth-order valence-electron chi connectivity index (χ4n) is 4.18. The van der Waals surface area contributed by atoms with E-state index in [0.29, 0.717) is 17.2 Å². The van der Waals surface area contributed by atoms with Gasteiger partial charge in [0, 0.05) is 23.5 Å². The summed E-state index contributed by atoms with van der Waals surface area (Å²) in [6, 6.07) is 17.4. The predicted molar refractivity (Wildman–Crippen MR) is 113 cm³/mol. The molecule has 1 atom stereocenters. The lowest BCUT2D eigenvalue weighted by Crippen LogP contribution is -2.38. The molecule has 1 aromatic heterocycles. The molecule has 29 heavy (non-hydrogen) atoms. The molecule has 0 saturated carbocycles. The van der Waals surface area contributed by atoms with Crippen LogP contribution in [0.2, 0.25) is 0 Å². The highest BCUT2D eigenvalue weighted by Crippen LogP contribution is 2.40. The van der Waals surface area contributed by atoms with Crippen LogP contribution in [0.4, 0.5) is 5.13 Å². The highest BCUT2D eigenvalue weighted by molar-refractivity contribution is 7.16. The van der Waals surface area contributed by atoms with Gasteiger partial charge in [-0.3, -0.25) is 14.9 Å². The van der Waals surface area contributed by atoms with Gasteiger partial charge < -0.3 is 4.90 Å². The SMILES string of the molecule is O=C(Nc1nc2c(s1)CCC2C(=O)N1CCc2ccccc2C1)c1ccccc1. The van der Waals surface area contributed by atoms with E-state index < -0.39 is 0 Å². The lowest BCUT2D eigenvalue weighted by molar-refractivity contribution is -0.133. The molecule has 1 aliphatic carbocycles. The first-order chi connectivity index (χ1) is 14.2. The third kappa shape index (κ3) is 3.44. The summed E-state index contributed by atoms with van der Waals surface area (Å²) in [7, 11) is 0. The van der Waals surface area contributed by atoms with Gasteiger partial charge in [-0.25, -0.2) is 4.98 Å². The maximum absolute atomic E-state index is 13.2. The topological polar surface area (TPSA) is 62.3 Å². The zero-order chi connectivity index (χ0) is 19.8. The van der Waals surface area contributed by atoms with Gasteiger partial charge in [0.25, 0.3) is 5.91 Å². The average molecular weight is 404 g/mol. The van der Waals surface area contributed by atoms with Gasteiger partial charge in [0.1, 0.15) is 0 Å². The highest BCUT2D eigenvalue weighted by Gasteiger charge is 2.36. The van der Waals surface area contributed by atoms with Crippen LogP contribution in [0.25, 0.3) is 0 Å². The van der Waals surface area contributed by atoms with E-state index in [-0.39, 0.29) is 17.7 Å². The number of fused-ring (bicyclic) bond motifs is 2. The first kappa shape index (κ1) is 18.1. The zero-order valence-corrected chi connectivity index (χ0v) is 16.7. The maximum Gasteiger partial charge on any atom is 0.257 e. The molecule has 2 amide bonds. The molecule has 1 unspecified atom stereocenters. The normalized spacial score (nSPS) is 17.5. The molecule has 2 heterocycles. The summed E-state index contributed by atoms with van der Waals surface area (Å²) >= 11 is 1.49. The van der Waals surface area contributed by atoms with Crippen LogP contribution < -0.4 is 5.32 Å². The van der Waals surface area contributed by atoms with Gasteiger partial charge >= 0.3 is 0 Å². The third-order valence-electron chi connectivity index (χ3n) is 5.71. The Bertz CT molecular complexity index is 1080. The Labute approximate surface area is 173 Å². The molecule has 1 N–H and O–H groups in total. The van der Waals surface area contributed by atoms with Crippen molar-refractivity contribution in [3.63, 3.8) is 0 Å². The van der Waals surface area contributed by atoms with Gasteiger partial charge in [0.15, 0.2) is 5.13 Å². The van der Waals surface area contributed by atoms with Gasteiger partial charge in [-0.05, 0) is 42.5 Å². The minimum Gasteiger partial charge on any atom is -0.337 e. The smallest absolute Gasteiger partial charge is 0.257 e. The summed E-state index contributed by atoms with van der Waals surface area (Å²) in [5.41, 5.74) is 4.02. The van der Waals surface area contributed by atoms with E-state index in [2.05, 4.69) is 28.5 Å². The Hall–Kier alpha value is -2.99. The molecule has 1 aliphatic heterocycles. The van der Waals surface area contributed by atoms with Crippen molar-refractivity contribution in [3.05, 3.63) is 81.9 Å². The molecule has 2 aliphatic rings. The largest absolute Gasteiger partial charge is 0.337 e. The van der Waals surface area contributed by atoms with Crippen LogP contribution in [0.3, 0.4) is 0 Å². The number of nitrogens with one attached hydrogen (secondary N) is 1. The van der Waals surface area contributed by atoms with Crippen molar-refractivity contribution in [2.45, 2.75) is 31.7 Å². The number of carbonyl (C=O) groups excluding carboxylic acids is 2. The van der Waals surface area contributed by atoms with Crippen LogP contribution in [0.1, 0.15) is 44.4 Å². The molecular formula is C23H21N3O2S. The van der Waals surface area contributed by atoms with E-state index in [1.807, 2.05) is 29.2 Å². The lowest BCUT2D eigenvalue weighted by atomic mass is 9.97. The minimum atomic E-state index is -0.200. The zero-order valence-electron chi connectivity index (χ0n) is 15.9. The number of amides is 2. The first-order valence-corrected chi connectivity index (χ1v) is 10.7. The maximum atomic E-state index is 13.2. The number of aryl methyl sites for hydroxylation is 1. The Kier molecular flexibility index (Phi) is 4.64. The van der Waals surface area contributed by atoms with E-state index in [1.54, 1.807) is 12.1 Å². The molecule has 0 saturated heterocycles. The predicted octanol–water partition coefficient (Wildman–Crippen LogP) is 4.01. The fraction of sp³-hybridized carbons (Fsp3) is 0.261. The molecule has 6 heteroatoms. The summed E-state index contributed by atoms with van der Waals surface area (Å²) in [6.07, 6.45) is 2.55. The molecule has 5 rings (SSSR count). The number of aromatic nitrogens is 1. The van der Waals surface area contributed by atoms with Gasteiger partial charge in [0.2, 0.25) is 5.91 Å². The number of hydrogen-bond acceptors (Lipinski definition) is 4. The minimum absolute atomic E-state index is 0.157. The van der Waals surface area contributed by atoms with E-state index in [9.17, 15) is 9.59 Å². The molecule has 5 nitrogen and oxygen atoms in total. The second-order valence-corrected chi connectivity index (χ2v) is 8.60. The van der Waals surface area contributed by atoms with E-state index in [0.717, 1.165) is 36.4 Å². The van der Waals surface area contributed by atoms with Crippen molar-refractivity contribution >= 4 is 28.3 Å². The molecule has 2 aromatic carbocycles. The molecule has 146 valence electrons. The molecule has 0 radical (unpaired) electrons. The van der Waals surface area contributed by atoms with Crippen LogP contribution >= 0.6 is 11.3 Å². The number of carbonyl (C=O) groups is 2. The number of benzene rings is 2. The fourth-order valence-corrected chi connectivity index (χ4v) is 5.22. The molecule has 3 aromatic rings. The number of thiazole rings is 1. The van der Waals surface area contributed by atoms with Crippen molar-refractivity contribution in [3.8, 4) is 0 Å². The Morgan fingerprint density at radius 2 is 1.76 bits per heavy atom. The summed E-state index contributed by atoms with van der Waals surface area (Å²) in [5, 5.41) is 3.46. The van der Waals surface area contributed by atoms with Crippen molar-refractivity contribution in [1.82, 2.24) is 9.88 Å². The van der Waals surface area contributed by atoms with Crippen LogP contribution in [0.5, 0.6) is 0 Å². The van der Waals surface area contributed by atoms with Crippen LogP contribution in [-0.2, 0) is 24.2 Å². The van der Waals surface area contributed by atoms with Gasteiger partial charge in [-0.2, -0.15) is 0 Å². The summed E-state index contributed by atoms with van der Waals surface area (Å²) < 4.78 is 0. The lowest BCUT2D eigenvalue weighted by Gasteiger charge is -2.30. The number of rotatable bonds is 3. The Morgan fingerprint density at radius 1 is 1.00 bits per heavy atom. The Morgan fingerprint density at radius 3 is 2.59 bits per heavy atom. The molecule has 0 bridgehead atoms. The van der Waals surface area contributed by atoms with Crippen LogP contribution in [-0.4, -0.2) is 28.2 Å². The van der Waals surface area contributed by atoms with Crippen molar-refractivity contribution in [2.24, 2.45) is 0 Å². The summed E-state index contributed by atoms with van der Waals surface area (Å²) in [5.74, 6) is -0.216. The highest BCUT2D eigenvalue weighted by atomic mass is 32.1. The standard InChI is InChI=1S/C23H21N3O2S/c27-21(16-7-2-1-3-8-16)25-23-24-20-18(10-11-19(20)29-23)22(28)26-13-12-15-6-4-5-9-17(15)14-26/h1-9,18H,10-14H2,(H,24,25,27). The molecular weight excluding hydrogens is 382 g/mol. The molecule has 0 fully saturated rings. The van der Waals surface area contributed by atoms with Crippen molar-refractivity contribution < 1.29 is 9.59 Å². The van der Waals surface area contributed by atoms with Gasteiger partial charge in [-0.1, -0.05) is 42.5 Å². The van der Waals surface area contributed by atoms with Gasteiger partial charge in [-0.15, -0.1) is 11.3 Å². The van der Waals surface area contributed by atoms with Crippen LogP contribution in [0.15, 0.2) is 54.6 Å². The monoisotopic (exact) mass is 403 g/mol. The van der Waals surface area contributed by atoms with Crippen molar-refractivity contribution in [1.29, 1.82) is 0 Å². The van der Waals surface area contributed by atoms with E-state index >= 15 is 0 Å². The van der Waals surface area contributed by atoms with Crippen molar-refractivity contribution in [2.75, 3.05) is 11.9 Å². The second-order valence-electron chi connectivity index (χ2n) is 7.52. The number of anilines is 1. The third-order valence-corrected chi connectivity index (χ3v) is 6.76. The quantitative estimate of drug-likeness (QED) is 0.719. The van der Waals surface area contributed by atoms with E-state index in [4.69, 9.17) is 0 Å². The van der Waals surface area contributed by atoms with Gasteiger partial charge in [0.05, 0.1) is 11.6 Å². The van der Waals surface area contributed by atoms with E-state index in [1.165, 1.54) is 22.5 Å². The average Bonchev–Trinajstić information content (AvgIpc) is 3.33. The number of hydrogen-bond donors (Lipinski definition) is 1. The Balaban J connectivity index is 1.31. The first-order valence-electron chi connectivity index (χ1n) is 9.90. The number of nitrogens with zero attached hydrogens (tertiary/aromatic N) is 2.